The van der Waals surface area contributed by atoms with E-state index in [4.69, 9.17) is 27.6 Å². The monoisotopic (exact) mass is 400 g/mol. The van der Waals surface area contributed by atoms with Crippen molar-refractivity contribution in [3.8, 4) is 17.4 Å². The van der Waals surface area contributed by atoms with Crippen LogP contribution in [0.15, 0.2) is 64.6 Å². The third kappa shape index (κ3) is 4.56. The molecule has 0 atom stereocenters. The van der Waals surface area contributed by atoms with Crippen LogP contribution in [0.4, 0.5) is 10.1 Å². The molecule has 0 saturated carbocycles. The molecule has 0 aliphatic heterocycles. The molecule has 0 aliphatic carbocycles. The molecule has 0 bridgehead atoms. The van der Waals surface area contributed by atoms with Gasteiger partial charge in [0.25, 0.3) is 5.91 Å². The quantitative estimate of drug-likeness (QED) is 0.435. The van der Waals surface area contributed by atoms with E-state index in [1.807, 2.05) is 6.07 Å². The first-order chi connectivity index (χ1) is 13.0. The number of hydrogen-bond donors (Lipinski definition) is 1. The Morgan fingerprint density at radius 1 is 1.07 bits per heavy atom. The van der Waals surface area contributed by atoms with Gasteiger partial charge in [-0.15, -0.1) is 0 Å². The number of nitriles is 1. The first-order valence-electron chi connectivity index (χ1n) is 7.70. The van der Waals surface area contributed by atoms with Gasteiger partial charge in [0.1, 0.15) is 29.0 Å². The Morgan fingerprint density at radius 3 is 2.48 bits per heavy atom. The molecule has 0 spiro atoms. The molecule has 1 aromatic heterocycles. The Morgan fingerprint density at radius 2 is 1.81 bits per heavy atom. The summed E-state index contributed by atoms with van der Waals surface area (Å²) >= 11 is 11.9. The Balaban J connectivity index is 1.80. The fraction of sp³-hybridized carbons (Fsp3) is 0. The fourth-order valence-electron chi connectivity index (χ4n) is 2.26. The van der Waals surface area contributed by atoms with Gasteiger partial charge in [-0.25, -0.2) is 4.39 Å². The van der Waals surface area contributed by atoms with Crippen LogP contribution in [-0.4, -0.2) is 5.91 Å². The number of anilines is 1. The van der Waals surface area contributed by atoms with Crippen molar-refractivity contribution in [3.63, 3.8) is 0 Å². The number of halogens is 3. The van der Waals surface area contributed by atoms with E-state index in [2.05, 4.69) is 5.32 Å². The summed E-state index contributed by atoms with van der Waals surface area (Å²) in [7, 11) is 0. The van der Waals surface area contributed by atoms with Gasteiger partial charge in [-0.1, -0.05) is 23.2 Å². The Bertz CT molecular complexity index is 1070. The average molecular weight is 401 g/mol. The Hall–Kier alpha value is -3.07. The van der Waals surface area contributed by atoms with Crippen LogP contribution in [0.3, 0.4) is 0 Å². The van der Waals surface area contributed by atoms with E-state index in [-0.39, 0.29) is 5.57 Å². The summed E-state index contributed by atoms with van der Waals surface area (Å²) in [6.07, 6.45) is 1.32. The molecule has 0 radical (unpaired) electrons. The minimum atomic E-state index is -0.628. The molecule has 1 amide bonds. The third-order valence-corrected chi connectivity index (χ3v) is 4.32. The molecule has 3 rings (SSSR count). The van der Waals surface area contributed by atoms with E-state index in [0.717, 1.165) is 0 Å². The number of carbonyl (C=O) groups is 1. The zero-order valence-corrected chi connectivity index (χ0v) is 15.2. The van der Waals surface area contributed by atoms with Gasteiger partial charge in [-0.3, -0.25) is 4.79 Å². The highest BCUT2D eigenvalue weighted by Gasteiger charge is 2.12. The summed E-state index contributed by atoms with van der Waals surface area (Å²) in [5.74, 6) is -0.219. The van der Waals surface area contributed by atoms with Crippen LogP contribution >= 0.6 is 23.2 Å². The second kappa shape index (κ2) is 8.09. The van der Waals surface area contributed by atoms with Crippen LogP contribution in [0.2, 0.25) is 10.0 Å². The average Bonchev–Trinajstić information content (AvgIpc) is 3.12. The van der Waals surface area contributed by atoms with Gasteiger partial charge in [-0.05, 0) is 54.6 Å². The van der Waals surface area contributed by atoms with Gasteiger partial charge in [0.2, 0.25) is 0 Å². The van der Waals surface area contributed by atoms with E-state index in [1.165, 1.54) is 30.3 Å². The van der Waals surface area contributed by atoms with Gasteiger partial charge in [0, 0.05) is 17.3 Å². The molecule has 1 N–H and O–H groups in total. The summed E-state index contributed by atoms with van der Waals surface area (Å²) < 4.78 is 18.6. The number of furan rings is 1. The second-order valence-corrected chi connectivity index (χ2v) is 6.28. The van der Waals surface area contributed by atoms with Crippen molar-refractivity contribution in [3.05, 3.63) is 81.8 Å². The molecule has 7 heteroatoms. The molecule has 0 fully saturated rings. The van der Waals surface area contributed by atoms with E-state index in [9.17, 15) is 14.4 Å². The number of nitrogens with zero attached hydrogens (tertiary/aromatic N) is 1. The number of nitrogens with one attached hydrogen (secondary N) is 1. The fourth-order valence-corrected chi connectivity index (χ4v) is 2.56. The molecule has 134 valence electrons. The minimum Gasteiger partial charge on any atom is -0.457 e. The van der Waals surface area contributed by atoms with Gasteiger partial charge in [0.05, 0.1) is 10.0 Å². The third-order valence-electron chi connectivity index (χ3n) is 3.58. The molecule has 27 heavy (non-hydrogen) atoms. The van der Waals surface area contributed by atoms with E-state index < -0.39 is 11.7 Å². The lowest BCUT2D eigenvalue weighted by Gasteiger charge is -2.03. The van der Waals surface area contributed by atoms with Crippen LogP contribution in [0.5, 0.6) is 0 Å². The number of hydrogen-bond acceptors (Lipinski definition) is 3. The molecule has 0 unspecified atom stereocenters. The Kier molecular flexibility index (Phi) is 5.60. The zero-order valence-electron chi connectivity index (χ0n) is 13.7. The summed E-state index contributed by atoms with van der Waals surface area (Å²) in [4.78, 5) is 12.2. The van der Waals surface area contributed by atoms with Crippen molar-refractivity contribution in [2.24, 2.45) is 0 Å². The highest BCUT2D eigenvalue weighted by molar-refractivity contribution is 6.42. The topological polar surface area (TPSA) is 66.0 Å². The number of carbonyl (C=O) groups excluding carboxylic acids is 1. The maximum atomic E-state index is 12.9. The van der Waals surface area contributed by atoms with Gasteiger partial charge in [-0.2, -0.15) is 5.26 Å². The number of rotatable bonds is 4. The summed E-state index contributed by atoms with van der Waals surface area (Å²) in [6.45, 7) is 0. The van der Waals surface area contributed by atoms with Crippen molar-refractivity contribution >= 4 is 40.9 Å². The molecular weight excluding hydrogens is 390 g/mol. The predicted octanol–water partition coefficient (Wildman–Crippen LogP) is 5.94. The first-order valence-corrected chi connectivity index (χ1v) is 8.46. The first kappa shape index (κ1) is 18.7. The highest BCUT2D eigenvalue weighted by Crippen LogP contribution is 2.30. The summed E-state index contributed by atoms with van der Waals surface area (Å²) in [6, 6.07) is 15.4. The molecule has 2 aromatic carbocycles. The lowest BCUT2D eigenvalue weighted by Crippen LogP contribution is -2.13. The van der Waals surface area contributed by atoms with E-state index in [0.29, 0.717) is 32.8 Å². The van der Waals surface area contributed by atoms with E-state index >= 15 is 0 Å². The van der Waals surface area contributed by atoms with Crippen molar-refractivity contribution in [2.75, 3.05) is 5.32 Å². The minimum absolute atomic E-state index is 0.158. The van der Waals surface area contributed by atoms with Crippen LogP contribution in [0, 0.1) is 17.1 Å². The maximum absolute atomic E-state index is 12.9. The molecule has 4 nitrogen and oxygen atoms in total. The second-order valence-electron chi connectivity index (χ2n) is 5.46. The molecular formula is C20H11Cl2FN2O2. The van der Waals surface area contributed by atoms with E-state index in [1.54, 1.807) is 30.3 Å². The molecule has 3 aromatic rings. The zero-order chi connectivity index (χ0) is 19.4. The van der Waals surface area contributed by atoms with Crippen molar-refractivity contribution in [2.45, 2.75) is 0 Å². The van der Waals surface area contributed by atoms with Crippen LogP contribution in [0.25, 0.3) is 17.4 Å². The predicted molar refractivity (Wildman–Crippen MR) is 103 cm³/mol. The molecule has 0 aliphatic rings. The summed E-state index contributed by atoms with van der Waals surface area (Å²) in [5, 5.41) is 12.6. The van der Waals surface area contributed by atoms with Gasteiger partial charge < -0.3 is 9.73 Å². The van der Waals surface area contributed by atoms with Crippen molar-refractivity contribution < 1.29 is 13.6 Å². The molecule has 1 heterocycles. The Labute approximate surface area is 164 Å². The maximum Gasteiger partial charge on any atom is 0.266 e. The number of amides is 1. The van der Waals surface area contributed by atoms with Crippen molar-refractivity contribution in [1.82, 2.24) is 0 Å². The van der Waals surface area contributed by atoms with Crippen LogP contribution in [-0.2, 0) is 4.79 Å². The van der Waals surface area contributed by atoms with Crippen LogP contribution in [0.1, 0.15) is 5.76 Å². The smallest absolute Gasteiger partial charge is 0.266 e. The number of benzene rings is 2. The SMILES string of the molecule is N#C/C(=C\c1ccc(-c2ccc(Cl)c(Cl)c2)o1)C(=O)Nc1ccc(F)cc1. The van der Waals surface area contributed by atoms with Crippen molar-refractivity contribution in [1.29, 1.82) is 5.26 Å². The lowest BCUT2D eigenvalue weighted by atomic mass is 10.2. The normalized spacial score (nSPS) is 11.1. The largest absolute Gasteiger partial charge is 0.457 e. The standard InChI is InChI=1S/C20H11Cl2FN2O2/c21-17-7-1-12(10-18(17)22)19-8-6-16(27-19)9-13(11-24)20(26)25-15-4-2-14(23)3-5-15/h1-10H,(H,25,26)/b13-9+. The molecule has 0 saturated heterocycles. The van der Waals surface area contributed by atoms with Gasteiger partial charge in [0.15, 0.2) is 0 Å². The van der Waals surface area contributed by atoms with Gasteiger partial charge >= 0.3 is 0 Å². The lowest BCUT2D eigenvalue weighted by molar-refractivity contribution is -0.112. The highest BCUT2D eigenvalue weighted by atomic mass is 35.5. The summed E-state index contributed by atoms with van der Waals surface area (Å²) in [5.41, 5.74) is 0.922. The van der Waals surface area contributed by atoms with Crippen LogP contribution < -0.4 is 5.32 Å².